The molecule has 0 aliphatic carbocycles. The van der Waals surface area contributed by atoms with Crippen LogP contribution in [-0.2, 0) is 5.88 Å². The van der Waals surface area contributed by atoms with Crippen LogP contribution in [0.15, 0.2) is 16.6 Å². The molecule has 0 amide bonds. The molecule has 1 aliphatic rings. The second-order valence-electron chi connectivity index (χ2n) is 4.74. The van der Waals surface area contributed by atoms with Gasteiger partial charge in [0.2, 0.25) is 0 Å². The molecule has 1 saturated heterocycles. The molecule has 0 unspecified atom stereocenters. The van der Waals surface area contributed by atoms with Crippen molar-refractivity contribution in [1.29, 1.82) is 0 Å². The lowest BCUT2D eigenvalue weighted by Crippen LogP contribution is -2.39. The summed E-state index contributed by atoms with van der Waals surface area (Å²) in [7, 11) is 0. The number of hydrogen-bond acceptors (Lipinski definition) is 2. The number of hydrogen-bond donors (Lipinski definition) is 0. The van der Waals surface area contributed by atoms with Gasteiger partial charge >= 0.3 is 0 Å². The largest absolute Gasteiger partial charge is 0.311 e. The Bertz CT molecular complexity index is 607. The van der Waals surface area contributed by atoms with Crippen molar-refractivity contribution in [2.24, 2.45) is 0 Å². The fourth-order valence-electron chi connectivity index (χ4n) is 2.59. The summed E-state index contributed by atoms with van der Waals surface area (Å²) in [6.07, 6.45) is 3.56. The highest BCUT2D eigenvalue weighted by molar-refractivity contribution is 9.10. The molecule has 0 radical (unpaired) electrons. The minimum absolute atomic E-state index is 0.271. The summed E-state index contributed by atoms with van der Waals surface area (Å²) < 4.78 is 16.2. The van der Waals surface area contributed by atoms with Gasteiger partial charge in [0, 0.05) is 19.2 Å². The Kier molecular flexibility index (Phi) is 3.67. The molecule has 0 atom stereocenters. The molecule has 6 heteroatoms. The first-order valence-corrected chi connectivity index (χ1v) is 7.71. The molecule has 0 saturated carbocycles. The normalized spacial score (nSPS) is 16.3. The summed E-state index contributed by atoms with van der Waals surface area (Å²) in [4.78, 5) is 4.50. The molecule has 2 heterocycles. The first-order valence-electron chi connectivity index (χ1n) is 6.38. The van der Waals surface area contributed by atoms with Gasteiger partial charge in [-0.1, -0.05) is 0 Å². The van der Waals surface area contributed by atoms with Crippen LogP contribution in [0.2, 0.25) is 0 Å². The van der Waals surface area contributed by atoms with Crippen LogP contribution in [0, 0.1) is 5.82 Å². The standard InChI is InChI=1S/C13H14BrClFN3/c14-9-6-11-12(7-10(9)16)19(13(8-15)17-11)18-4-2-1-3-5-18/h6-7H,1-5,8H2. The van der Waals surface area contributed by atoms with E-state index >= 15 is 0 Å². The first kappa shape index (κ1) is 13.2. The van der Waals surface area contributed by atoms with E-state index in [-0.39, 0.29) is 5.82 Å². The predicted octanol–water partition coefficient (Wildman–Crippen LogP) is 3.80. The first-order chi connectivity index (χ1) is 9.20. The van der Waals surface area contributed by atoms with E-state index in [2.05, 4.69) is 25.9 Å². The van der Waals surface area contributed by atoms with E-state index in [0.717, 1.165) is 42.8 Å². The molecule has 1 aromatic heterocycles. The van der Waals surface area contributed by atoms with E-state index in [1.54, 1.807) is 6.07 Å². The zero-order valence-corrected chi connectivity index (χ0v) is 12.7. The van der Waals surface area contributed by atoms with Gasteiger partial charge in [0.1, 0.15) is 11.6 Å². The van der Waals surface area contributed by atoms with E-state index in [1.165, 1.54) is 12.5 Å². The van der Waals surface area contributed by atoms with Gasteiger partial charge in [-0.15, -0.1) is 11.6 Å². The second-order valence-corrected chi connectivity index (χ2v) is 5.86. The fraction of sp³-hybridized carbons (Fsp3) is 0.462. The van der Waals surface area contributed by atoms with E-state index in [4.69, 9.17) is 11.6 Å². The monoisotopic (exact) mass is 345 g/mol. The number of aromatic nitrogens is 2. The molecular formula is C13H14BrClFN3. The van der Waals surface area contributed by atoms with Gasteiger partial charge in [0.05, 0.1) is 21.4 Å². The lowest BCUT2D eigenvalue weighted by molar-refractivity contribution is 0.478. The number of rotatable bonds is 2. The highest BCUT2D eigenvalue weighted by Crippen LogP contribution is 2.26. The maximum atomic E-state index is 13.8. The molecule has 19 heavy (non-hydrogen) atoms. The van der Waals surface area contributed by atoms with Crippen molar-refractivity contribution in [3.8, 4) is 0 Å². The summed E-state index contributed by atoms with van der Waals surface area (Å²) in [5.74, 6) is 0.826. The summed E-state index contributed by atoms with van der Waals surface area (Å²) in [5.41, 5.74) is 1.56. The van der Waals surface area contributed by atoms with Gasteiger partial charge in [0.25, 0.3) is 0 Å². The number of imidazole rings is 1. The van der Waals surface area contributed by atoms with Gasteiger partial charge in [-0.05, 0) is 41.3 Å². The SMILES string of the molecule is Fc1cc2c(cc1Br)nc(CCl)n2N1CCCCC1. The summed E-state index contributed by atoms with van der Waals surface area (Å²) >= 11 is 9.18. The smallest absolute Gasteiger partial charge is 0.143 e. The van der Waals surface area contributed by atoms with Crippen LogP contribution in [0.25, 0.3) is 11.0 Å². The molecule has 102 valence electrons. The van der Waals surface area contributed by atoms with E-state index in [0.29, 0.717) is 10.4 Å². The molecule has 0 spiro atoms. The Hall–Kier alpha value is -0.810. The van der Waals surface area contributed by atoms with E-state index in [9.17, 15) is 4.39 Å². The Morgan fingerprint density at radius 3 is 2.68 bits per heavy atom. The van der Waals surface area contributed by atoms with Gasteiger partial charge in [-0.2, -0.15) is 0 Å². The fourth-order valence-corrected chi connectivity index (χ4v) is 3.09. The van der Waals surface area contributed by atoms with Gasteiger partial charge in [0.15, 0.2) is 0 Å². The maximum Gasteiger partial charge on any atom is 0.143 e. The zero-order chi connectivity index (χ0) is 13.4. The molecule has 1 fully saturated rings. The molecule has 1 aliphatic heterocycles. The van der Waals surface area contributed by atoms with Gasteiger partial charge < -0.3 is 5.01 Å². The second kappa shape index (κ2) is 5.29. The van der Waals surface area contributed by atoms with Gasteiger partial charge in [-0.3, -0.25) is 0 Å². The molecule has 1 aromatic carbocycles. The minimum Gasteiger partial charge on any atom is -0.311 e. The Morgan fingerprint density at radius 1 is 1.26 bits per heavy atom. The van der Waals surface area contributed by atoms with Crippen LogP contribution >= 0.6 is 27.5 Å². The molecule has 3 nitrogen and oxygen atoms in total. The van der Waals surface area contributed by atoms with Crippen LogP contribution < -0.4 is 5.01 Å². The number of alkyl halides is 1. The van der Waals surface area contributed by atoms with Crippen molar-refractivity contribution >= 4 is 38.6 Å². The Labute approximate surface area is 124 Å². The molecule has 3 rings (SSSR count). The topological polar surface area (TPSA) is 21.1 Å². The third-order valence-electron chi connectivity index (χ3n) is 3.47. The van der Waals surface area contributed by atoms with E-state index < -0.39 is 0 Å². The number of halogens is 3. The summed E-state index contributed by atoms with van der Waals surface area (Å²) in [5, 5.41) is 2.21. The average Bonchev–Trinajstić information content (AvgIpc) is 2.78. The maximum absolute atomic E-state index is 13.8. The highest BCUT2D eigenvalue weighted by Gasteiger charge is 2.19. The predicted molar refractivity (Wildman–Crippen MR) is 78.8 cm³/mol. The van der Waals surface area contributed by atoms with Crippen LogP contribution in [-0.4, -0.2) is 22.7 Å². The average molecular weight is 347 g/mol. The van der Waals surface area contributed by atoms with Crippen LogP contribution in [0.1, 0.15) is 25.1 Å². The van der Waals surface area contributed by atoms with Gasteiger partial charge in [-0.25, -0.2) is 14.1 Å². The van der Waals surface area contributed by atoms with Crippen molar-refractivity contribution in [3.63, 3.8) is 0 Å². The Morgan fingerprint density at radius 2 is 2.00 bits per heavy atom. The number of piperidine rings is 1. The van der Waals surface area contributed by atoms with Crippen LogP contribution in [0.4, 0.5) is 4.39 Å². The lowest BCUT2D eigenvalue weighted by Gasteiger charge is -2.31. The van der Waals surface area contributed by atoms with Crippen molar-refractivity contribution in [3.05, 3.63) is 28.2 Å². The lowest BCUT2D eigenvalue weighted by atomic mass is 10.2. The van der Waals surface area contributed by atoms with Crippen molar-refractivity contribution in [1.82, 2.24) is 9.66 Å². The minimum atomic E-state index is -0.271. The molecule has 0 N–H and O–H groups in total. The van der Waals surface area contributed by atoms with Crippen molar-refractivity contribution in [2.45, 2.75) is 25.1 Å². The third-order valence-corrected chi connectivity index (χ3v) is 4.32. The summed E-state index contributed by atoms with van der Waals surface area (Å²) in [6.45, 7) is 1.93. The quantitative estimate of drug-likeness (QED) is 0.771. The number of benzene rings is 1. The van der Waals surface area contributed by atoms with Crippen molar-refractivity contribution in [2.75, 3.05) is 18.1 Å². The zero-order valence-electron chi connectivity index (χ0n) is 10.4. The highest BCUT2D eigenvalue weighted by atomic mass is 79.9. The molecule has 2 aromatic rings. The molecular weight excluding hydrogens is 333 g/mol. The van der Waals surface area contributed by atoms with Crippen molar-refractivity contribution < 1.29 is 4.39 Å². The van der Waals surface area contributed by atoms with Crippen LogP contribution in [0.5, 0.6) is 0 Å². The number of nitrogens with zero attached hydrogens (tertiary/aromatic N) is 3. The number of fused-ring (bicyclic) bond motifs is 1. The summed E-state index contributed by atoms with van der Waals surface area (Å²) in [6, 6.07) is 3.23. The molecule has 0 bridgehead atoms. The van der Waals surface area contributed by atoms with Crippen LogP contribution in [0.3, 0.4) is 0 Å². The third kappa shape index (κ3) is 2.34. The van der Waals surface area contributed by atoms with E-state index in [1.807, 2.05) is 4.68 Å². The Balaban J connectivity index is 2.16.